The van der Waals surface area contributed by atoms with Gasteiger partial charge in [-0.25, -0.2) is 0 Å². The Bertz CT molecular complexity index is 221. The highest BCUT2D eigenvalue weighted by molar-refractivity contribution is 4.99. The van der Waals surface area contributed by atoms with Crippen LogP contribution < -0.4 is 0 Å². The third kappa shape index (κ3) is 2.01. The first-order valence-corrected chi connectivity index (χ1v) is 5.71. The molecule has 0 N–H and O–H groups in total. The molecule has 0 aromatic heterocycles. The SMILES string of the molecule is CC(C)(C)N1CC(N2CC=CCC2)C1. The first kappa shape index (κ1) is 10.2. The van der Waals surface area contributed by atoms with E-state index in [0.717, 1.165) is 6.04 Å². The lowest BCUT2D eigenvalue weighted by molar-refractivity contribution is -0.0187. The average molecular weight is 194 g/mol. The van der Waals surface area contributed by atoms with Gasteiger partial charge in [-0.2, -0.15) is 0 Å². The zero-order valence-electron chi connectivity index (χ0n) is 9.66. The second-order valence-electron chi connectivity index (χ2n) is 5.48. The molecule has 2 heteroatoms. The summed E-state index contributed by atoms with van der Waals surface area (Å²) in [6, 6.07) is 0.819. The number of hydrogen-bond acceptors (Lipinski definition) is 2. The van der Waals surface area contributed by atoms with Gasteiger partial charge in [0, 0.05) is 37.8 Å². The normalized spacial score (nSPS) is 26.5. The maximum absolute atomic E-state index is 2.61. The van der Waals surface area contributed by atoms with Crippen LogP contribution >= 0.6 is 0 Å². The molecule has 80 valence electrons. The minimum absolute atomic E-state index is 0.363. The summed E-state index contributed by atoms with van der Waals surface area (Å²) in [6.07, 6.45) is 5.85. The summed E-state index contributed by atoms with van der Waals surface area (Å²) in [7, 11) is 0. The van der Waals surface area contributed by atoms with Crippen LogP contribution in [0.2, 0.25) is 0 Å². The third-order valence-corrected chi connectivity index (χ3v) is 3.42. The van der Waals surface area contributed by atoms with Crippen LogP contribution in [0.4, 0.5) is 0 Å². The zero-order chi connectivity index (χ0) is 10.2. The van der Waals surface area contributed by atoms with Gasteiger partial charge in [-0.1, -0.05) is 12.2 Å². The topological polar surface area (TPSA) is 6.48 Å². The average Bonchev–Trinajstić information content (AvgIpc) is 2.00. The molecule has 2 nitrogen and oxygen atoms in total. The fourth-order valence-corrected chi connectivity index (χ4v) is 2.23. The molecule has 0 unspecified atom stereocenters. The van der Waals surface area contributed by atoms with Gasteiger partial charge in [-0.15, -0.1) is 0 Å². The molecule has 0 aromatic carbocycles. The van der Waals surface area contributed by atoms with Gasteiger partial charge in [-0.05, 0) is 27.2 Å². The summed E-state index contributed by atoms with van der Waals surface area (Å²) < 4.78 is 0. The van der Waals surface area contributed by atoms with Crippen LogP contribution in [0.5, 0.6) is 0 Å². The predicted octanol–water partition coefficient (Wildman–Crippen LogP) is 1.73. The molecular weight excluding hydrogens is 172 g/mol. The van der Waals surface area contributed by atoms with Crippen molar-refractivity contribution in [3.8, 4) is 0 Å². The van der Waals surface area contributed by atoms with E-state index >= 15 is 0 Å². The largest absolute Gasteiger partial charge is 0.295 e. The summed E-state index contributed by atoms with van der Waals surface area (Å²) in [4.78, 5) is 5.18. The number of nitrogens with zero attached hydrogens (tertiary/aromatic N) is 2. The lowest BCUT2D eigenvalue weighted by Crippen LogP contribution is -2.64. The highest BCUT2D eigenvalue weighted by atomic mass is 15.3. The molecule has 2 aliphatic heterocycles. The van der Waals surface area contributed by atoms with Gasteiger partial charge in [0.05, 0.1) is 0 Å². The zero-order valence-corrected chi connectivity index (χ0v) is 9.66. The molecule has 1 fully saturated rings. The van der Waals surface area contributed by atoms with E-state index in [4.69, 9.17) is 0 Å². The molecule has 2 heterocycles. The highest BCUT2D eigenvalue weighted by Crippen LogP contribution is 2.25. The second kappa shape index (κ2) is 3.67. The Morgan fingerprint density at radius 3 is 2.36 bits per heavy atom. The smallest absolute Gasteiger partial charge is 0.0354 e. The third-order valence-electron chi connectivity index (χ3n) is 3.42. The van der Waals surface area contributed by atoms with Crippen LogP contribution in [-0.4, -0.2) is 47.6 Å². The monoisotopic (exact) mass is 194 g/mol. The first-order valence-electron chi connectivity index (χ1n) is 5.71. The van der Waals surface area contributed by atoms with Crippen LogP contribution in [0.3, 0.4) is 0 Å². The van der Waals surface area contributed by atoms with E-state index < -0.39 is 0 Å². The van der Waals surface area contributed by atoms with Crippen molar-refractivity contribution < 1.29 is 0 Å². The van der Waals surface area contributed by atoms with Gasteiger partial charge >= 0.3 is 0 Å². The predicted molar refractivity (Wildman–Crippen MR) is 60.4 cm³/mol. The molecule has 14 heavy (non-hydrogen) atoms. The van der Waals surface area contributed by atoms with E-state index in [-0.39, 0.29) is 0 Å². The van der Waals surface area contributed by atoms with Gasteiger partial charge < -0.3 is 0 Å². The molecule has 0 bridgehead atoms. The first-order chi connectivity index (χ1) is 6.57. The van der Waals surface area contributed by atoms with Crippen molar-refractivity contribution in [2.24, 2.45) is 0 Å². The van der Waals surface area contributed by atoms with Gasteiger partial charge in [0.2, 0.25) is 0 Å². The van der Waals surface area contributed by atoms with Gasteiger partial charge in [0.15, 0.2) is 0 Å². The standard InChI is InChI=1S/C12H22N2/c1-12(2,3)14-9-11(10-14)13-7-5-4-6-8-13/h4-5,11H,6-10H2,1-3H3. The summed E-state index contributed by atoms with van der Waals surface area (Å²) in [5.41, 5.74) is 0.363. The molecule has 0 aliphatic carbocycles. The molecule has 2 rings (SSSR count). The molecular formula is C12H22N2. The number of hydrogen-bond donors (Lipinski definition) is 0. The Kier molecular flexibility index (Phi) is 2.67. The molecule has 0 saturated carbocycles. The summed E-state index contributed by atoms with van der Waals surface area (Å²) in [6.45, 7) is 11.9. The highest BCUT2D eigenvalue weighted by Gasteiger charge is 2.37. The summed E-state index contributed by atoms with van der Waals surface area (Å²) in [5.74, 6) is 0. The fourth-order valence-electron chi connectivity index (χ4n) is 2.23. The molecule has 0 atom stereocenters. The van der Waals surface area contributed by atoms with Gasteiger partial charge in [0.1, 0.15) is 0 Å². The lowest BCUT2D eigenvalue weighted by atomic mass is 9.96. The quantitative estimate of drug-likeness (QED) is 0.587. The van der Waals surface area contributed by atoms with E-state index in [1.165, 1.54) is 32.6 Å². The van der Waals surface area contributed by atoms with E-state index in [9.17, 15) is 0 Å². The maximum Gasteiger partial charge on any atom is 0.0354 e. The van der Waals surface area contributed by atoms with Crippen molar-refractivity contribution in [3.63, 3.8) is 0 Å². The van der Waals surface area contributed by atoms with Crippen molar-refractivity contribution in [2.45, 2.75) is 38.8 Å². The van der Waals surface area contributed by atoms with Crippen LogP contribution in [0, 0.1) is 0 Å². The molecule has 0 spiro atoms. The minimum Gasteiger partial charge on any atom is -0.295 e. The van der Waals surface area contributed by atoms with E-state index in [1.54, 1.807) is 0 Å². The maximum atomic E-state index is 2.61. The van der Waals surface area contributed by atoms with E-state index in [2.05, 4.69) is 42.7 Å². The Morgan fingerprint density at radius 1 is 1.14 bits per heavy atom. The molecule has 0 aromatic rings. The van der Waals surface area contributed by atoms with Crippen molar-refractivity contribution >= 4 is 0 Å². The Hall–Kier alpha value is -0.340. The van der Waals surface area contributed by atoms with E-state index in [0.29, 0.717) is 5.54 Å². The number of rotatable bonds is 1. The van der Waals surface area contributed by atoms with Crippen molar-refractivity contribution in [3.05, 3.63) is 12.2 Å². The van der Waals surface area contributed by atoms with Gasteiger partial charge in [0.25, 0.3) is 0 Å². The van der Waals surface area contributed by atoms with Crippen LogP contribution in [0.1, 0.15) is 27.2 Å². The molecule has 0 radical (unpaired) electrons. The van der Waals surface area contributed by atoms with Crippen LogP contribution in [-0.2, 0) is 0 Å². The van der Waals surface area contributed by atoms with Crippen molar-refractivity contribution in [1.82, 2.24) is 9.80 Å². The molecule has 0 amide bonds. The Labute approximate surface area is 87.6 Å². The molecule has 2 aliphatic rings. The summed E-state index contributed by atoms with van der Waals surface area (Å²) >= 11 is 0. The molecule has 1 saturated heterocycles. The van der Waals surface area contributed by atoms with E-state index in [1.807, 2.05) is 0 Å². The number of likely N-dealkylation sites (tertiary alicyclic amines) is 1. The lowest BCUT2D eigenvalue weighted by Gasteiger charge is -2.51. The van der Waals surface area contributed by atoms with Gasteiger partial charge in [-0.3, -0.25) is 9.80 Å². The van der Waals surface area contributed by atoms with Crippen LogP contribution in [0.25, 0.3) is 0 Å². The van der Waals surface area contributed by atoms with Crippen LogP contribution in [0.15, 0.2) is 12.2 Å². The van der Waals surface area contributed by atoms with Crippen molar-refractivity contribution in [1.29, 1.82) is 0 Å². The minimum atomic E-state index is 0.363. The summed E-state index contributed by atoms with van der Waals surface area (Å²) in [5, 5.41) is 0. The second-order valence-corrected chi connectivity index (χ2v) is 5.48. The fraction of sp³-hybridized carbons (Fsp3) is 0.833. The Balaban J connectivity index is 1.80. The van der Waals surface area contributed by atoms with Crippen molar-refractivity contribution in [2.75, 3.05) is 26.2 Å². The Morgan fingerprint density at radius 2 is 1.86 bits per heavy atom.